The summed E-state index contributed by atoms with van der Waals surface area (Å²) in [5, 5.41) is 3.10. The molecule has 12 heavy (non-hydrogen) atoms. The molecule has 0 saturated heterocycles. The second-order valence-electron chi connectivity index (χ2n) is 3.15. The predicted octanol–water partition coefficient (Wildman–Crippen LogP) is 2.94. The maximum absolute atomic E-state index is 13.4. The quantitative estimate of drug-likeness (QED) is 0.722. The van der Waals surface area contributed by atoms with Crippen LogP contribution in [-0.2, 0) is 6.42 Å². The lowest BCUT2D eigenvalue weighted by Crippen LogP contribution is -2.09. The van der Waals surface area contributed by atoms with Crippen LogP contribution in [0.25, 0.3) is 0 Å². The van der Waals surface area contributed by atoms with Crippen molar-refractivity contribution < 1.29 is 4.39 Å². The molecule has 1 aromatic carbocycles. The van der Waals surface area contributed by atoms with Gasteiger partial charge in [0, 0.05) is 6.04 Å². The SMILES string of the molecule is CC1Cc2ccc(Br)c(F)c2N1. The smallest absolute Gasteiger partial charge is 0.160 e. The Morgan fingerprint density at radius 3 is 3.08 bits per heavy atom. The van der Waals surface area contributed by atoms with E-state index in [1.807, 2.05) is 13.0 Å². The molecule has 0 spiro atoms. The minimum absolute atomic E-state index is 0.170. The Balaban J connectivity index is 2.54. The molecule has 64 valence electrons. The number of anilines is 1. The van der Waals surface area contributed by atoms with E-state index in [9.17, 15) is 4.39 Å². The van der Waals surface area contributed by atoms with Crippen LogP contribution in [0, 0.1) is 5.82 Å². The molecule has 1 aliphatic heterocycles. The fraction of sp³-hybridized carbons (Fsp3) is 0.333. The minimum Gasteiger partial charge on any atom is -0.380 e. The van der Waals surface area contributed by atoms with Gasteiger partial charge in [-0.1, -0.05) is 6.07 Å². The molecule has 1 aromatic rings. The Bertz CT molecular complexity index is 325. The highest BCUT2D eigenvalue weighted by Gasteiger charge is 2.21. The first-order valence-electron chi connectivity index (χ1n) is 3.92. The van der Waals surface area contributed by atoms with E-state index in [0.29, 0.717) is 16.2 Å². The number of hydrogen-bond donors (Lipinski definition) is 1. The van der Waals surface area contributed by atoms with Gasteiger partial charge in [0.05, 0.1) is 10.2 Å². The highest BCUT2D eigenvalue weighted by atomic mass is 79.9. The number of benzene rings is 1. The Morgan fingerprint density at radius 2 is 2.33 bits per heavy atom. The summed E-state index contributed by atoms with van der Waals surface area (Å²) in [6.07, 6.45) is 0.916. The van der Waals surface area contributed by atoms with Crippen LogP contribution in [0.3, 0.4) is 0 Å². The zero-order valence-electron chi connectivity index (χ0n) is 6.70. The fourth-order valence-corrected chi connectivity index (χ4v) is 1.87. The molecule has 0 radical (unpaired) electrons. The second-order valence-corrected chi connectivity index (χ2v) is 4.00. The van der Waals surface area contributed by atoms with Gasteiger partial charge in [-0.3, -0.25) is 0 Å². The van der Waals surface area contributed by atoms with E-state index >= 15 is 0 Å². The van der Waals surface area contributed by atoms with E-state index < -0.39 is 0 Å². The fourth-order valence-electron chi connectivity index (χ4n) is 1.54. The van der Waals surface area contributed by atoms with Crippen molar-refractivity contribution in [2.45, 2.75) is 19.4 Å². The van der Waals surface area contributed by atoms with Crippen LogP contribution in [0.4, 0.5) is 10.1 Å². The molecule has 0 saturated carbocycles. The molecule has 1 nitrogen and oxygen atoms in total. The molecule has 0 aliphatic carbocycles. The number of hydrogen-bond acceptors (Lipinski definition) is 1. The topological polar surface area (TPSA) is 12.0 Å². The Labute approximate surface area is 79.1 Å². The van der Waals surface area contributed by atoms with Crippen LogP contribution in [0.15, 0.2) is 16.6 Å². The van der Waals surface area contributed by atoms with E-state index in [4.69, 9.17) is 0 Å². The van der Waals surface area contributed by atoms with E-state index in [1.165, 1.54) is 0 Å². The molecule has 0 bridgehead atoms. The van der Waals surface area contributed by atoms with Gasteiger partial charge in [0.25, 0.3) is 0 Å². The van der Waals surface area contributed by atoms with Gasteiger partial charge in [0.2, 0.25) is 0 Å². The summed E-state index contributed by atoms with van der Waals surface area (Å²) in [4.78, 5) is 0. The number of fused-ring (bicyclic) bond motifs is 1. The van der Waals surface area contributed by atoms with Gasteiger partial charge >= 0.3 is 0 Å². The van der Waals surface area contributed by atoms with E-state index in [1.54, 1.807) is 6.07 Å². The lowest BCUT2D eigenvalue weighted by atomic mass is 10.1. The van der Waals surface area contributed by atoms with Crippen LogP contribution in [0.2, 0.25) is 0 Å². The van der Waals surface area contributed by atoms with Crippen LogP contribution < -0.4 is 5.32 Å². The molecule has 1 heterocycles. The highest BCUT2D eigenvalue weighted by Crippen LogP contribution is 2.32. The van der Waals surface area contributed by atoms with Crippen molar-refractivity contribution in [1.29, 1.82) is 0 Å². The van der Waals surface area contributed by atoms with Gasteiger partial charge in [0.1, 0.15) is 0 Å². The summed E-state index contributed by atoms with van der Waals surface area (Å²) in [6, 6.07) is 4.07. The summed E-state index contributed by atoms with van der Waals surface area (Å²) in [7, 11) is 0. The summed E-state index contributed by atoms with van der Waals surface area (Å²) >= 11 is 3.15. The molecular formula is C9H9BrFN. The molecule has 1 N–H and O–H groups in total. The summed E-state index contributed by atoms with van der Waals surface area (Å²) in [6.45, 7) is 2.05. The summed E-state index contributed by atoms with van der Waals surface area (Å²) in [5.41, 5.74) is 1.74. The first kappa shape index (κ1) is 8.05. The number of halogens is 2. The standard InChI is InChI=1S/C9H9BrFN/c1-5-4-6-2-3-7(10)8(11)9(6)12-5/h2-3,5,12H,4H2,1H3. The largest absolute Gasteiger partial charge is 0.380 e. The molecule has 0 aromatic heterocycles. The van der Waals surface area contributed by atoms with Gasteiger partial charge in [-0.15, -0.1) is 0 Å². The van der Waals surface area contributed by atoms with Gasteiger partial charge < -0.3 is 5.32 Å². The minimum atomic E-state index is -0.170. The van der Waals surface area contributed by atoms with Crippen LogP contribution >= 0.6 is 15.9 Å². The maximum Gasteiger partial charge on any atom is 0.160 e. The summed E-state index contributed by atoms with van der Waals surface area (Å²) < 4.78 is 13.9. The van der Waals surface area contributed by atoms with E-state index in [-0.39, 0.29) is 5.82 Å². The Morgan fingerprint density at radius 1 is 1.58 bits per heavy atom. The van der Waals surface area contributed by atoms with E-state index in [0.717, 1.165) is 12.0 Å². The van der Waals surface area contributed by atoms with Crippen molar-refractivity contribution in [2.75, 3.05) is 5.32 Å². The maximum atomic E-state index is 13.4. The van der Waals surface area contributed by atoms with Crippen LogP contribution in [-0.4, -0.2) is 6.04 Å². The third-order valence-corrected chi connectivity index (χ3v) is 2.71. The Kier molecular flexibility index (Phi) is 1.83. The molecule has 0 amide bonds. The second kappa shape index (κ2) is 2.73. The lowest BCUT2D eigenvalue weighted by molar-refractivity contribution is 0.624. The molecule has 1 unspecified atom stereocenters. The van der Waals surface area contributed by atoms with Crippen molar-refractivity contribution in [3.63, 3.8) is 0 Å². The van der Waals surface area contributed by atoms with Gasteiger partial charge in [-0.25, -0.2) is 4.39 Å². The highest BCUT2D eigenvalue weighted by molar-refractivity contribution is 9.10. The Hall–Kier alpha value is -0.570. The first-order chi connectivity index (χ1) is 5.68. The average molecular weight is 230 g/mol. The third kappa shape index (κ3) is 1.12. The molecule has 1 aliphatic rings. The average Bonchev–Trinajstić information content (AvgIpc) is 2.39. The van der Waals surface area contributed by atoms with Crippen molar-refractivity contribution in [2.24, 2.45) is 0 Å². The molecule has 1 atom stereocenters. The van der Waals surface area contributed by atoms with Crippen LogP contribution in [0.1, 0.15) is 12.5 Å². The third-order valence-electron chi connectivity index (χ3n) is 2.10. The van der Waals surface area contributed by atoms with Crippen LogP contribution in [0.5, 0.6) is 0 Å². The molecule has 0 fully saturated rings. The zero-order chi connectivity index (χ0) is 8.72. The number of rotatable bonds is 0. The van der Waals surface area contributed by atoms with Crippen molar-refractivity contribution in [3.8, 4) is 0 Å². The zero-order valence-corrected chi connectivity index (χ0v) is 8.28. The van der Waals surface area contributed by atoms with Gasteiger partial charge in [-0.05, 0) is 40.9 Å². The normalized spacial score (nSPS) is 20.4. The first-order valence-corrected chi connectivity index (χ1v) is 4.71. The molecular weight excluding hydrogens is 221 g/mol. The van der Waals surface area contributed by atoms with Crippen molar-refractivity contribution in [3.05, 3.63) is 28.0 Å². The van der Waals surface area contributed by atoms with Gasteiger partial charge in [-0.2, -0.15) is 0 Å². The molecule has 3 heteroatoms. The predicted molar refractivity (Wildman–Crippen MR) is 50.9 cm³/mol. The number of nitrogens with one attached hydrogen (secondary N) is 1. The summed E-state index contributed by atoms with van der Waals surface area (Å²) in [5.74, 6) is -0.170. The monoisotopic (exact) mass is 229 g/mol. The van der Waals surface area contributed by atoms with Crippen molar-refractivity contribution >= 4 is 21.6 Å². The van der Waals surface area contributed by atoms with E-state index in [2.05, 4.69) is 21.2 Å². The van der Waals surface area contributed by atoms with Crippen molar-refractivity contribution in [1.82, 2.24) is 0 Å². The molecule has 2 rings (SSSR count). The van der Waals surface area contributed by atoms with Gasteiger partial charge in [0.15, 0.2) is 5.82 Å². The lowest BCUT2D eigenvalue weighted by Gasteiger charge is -2.04.